The number of nitrogens with zero attached hydrogens (tertiary/aromatic N) is 1. The van der Waals surface area contributed by atoms with Crippen molar-refractivity contribution in [3.8, 4) is 17.2 Å². The average Bonchev–Trinajstić information content (AvgIpc) is 3.39. The van der Waals surface area contributed by atoms with Crippen LogP contribution >= 0.6 is 0 Å². The van der Waals surface area contributed by atoms with Gasteiger partial charge in [-0.2, -0.15) is 13.2 Å². The van der Waals surface area contributed by atoms with E-state index in [9.17, 15) is 18.0 Å². The fraction of sp³-hybridized carbons (Fsp3) is 0.393. The molecule has 3 aromatic rings. The van der Waals surface area contributed by atoms with Gasteiger partial charge >= 0.3 is 6.18 Å². The first-order valence-electron chi connectivity index (χ1n) is 12.2. The number of ether oxygens (including phenoxy) is 3. The summed E-state index contributed by atoms with van der Waals surface area (Å²) >= 11 is 0. The van der Waals surface area contributed by atoms with Crippen LogP contribution in [0.5, 0.6) is 17.2 Å². The van der Waals surface area contributed by atoms with E-state index in [1.165, 1.54) is 11.0 Å². The maximum atomic E-state index is 14.4. The van der Waals surface area contributed by atoms with E-state index in [0.29, 0.717) is 48.1 Å². The number of anilines is 1. The lowest BCUT2D eigenvalue weighted by Gasteiger charge is -2.43. The zero-order valence-electron chi connectivity index (χ0n) is 21.1. The van der Waals surface area contributed by atoms with Crippen molar-refractivity contribution >= 4 is 11.6 Å². The van der Waals surface area contributed by atoms with Gasteiger partial charge in [0.15, 0.2) is 11.5 Å². The topological polar surface area (TPSA) is 61.1 Å². The molecule has 0 N–H and O–H groups in total. The molecule has 0 bridgehead atoms. The van der Waals surface area contributed by atoms with E-state index in [4.69, 9.17) is 18.6 Å². The molecule has 1 spiro atoms. The Bertz CT molecular complexity index is 1350. The van der Waals surface area contributed by atoms with E-state index in [0.717, 1.165) is 11.6 Å². The van der Waals surface area contributed by atoms with E-state index in [-0.39, 0.29) is 18.2 Å². The molecule has 2 aliphatic rings. The lowest BCUT2D eigenvalue weighted by Crippen LogP contribution is -2.50. The van der Waals surface area contributed by atoms with Crippen LogP contribution in [0.25, 0.3) is 0 Å². The van der Waals surface area contributed by atoms with Crippen LogP contribution in [-0.4, -0.2) is 24.7 Å². The highest BCUT2D eigenvalue weighted by Crippen LogP contribution is 2.57. The van der Waals surface area contributed by atoms with Gasteiger partial charge in [-0.15, -0.1) is 0 Å². The molecule has 37 heavy (non-hydrogen) atoms. The Labute approximate surface area is 212 Å². The number of benzene rings is 2. The first kappa shape index (κ1) is 25.0. The van der Waals surface area contributed by atoms with Gasteiger partial charge in [0.05, 0.1) is 19.8 Å². The molecule has 0 saturated carbocycles. The van der Waals surface area contributed by atoms with Crippen LogP contribution in [0.3, 0.4) is 0 Å². The van der Waals surface area contributed by atoms with Gasteiger partial charge in [-0.25, -0.2) is 0 Å². The van der Waals surface area contributed by atoms with Crippen LogP contribution in [0.4, 0.5) is 18.9 Å². The number of hydrogen-bond donors (Lipinski definition) is 0. The van der Waals surface area contributed by atoms with Crippen LogP contribution < -0.4 is 19.1 Å². The molecule has 2 aliphatic heterocycles. The third-order valence-electron chi connectivity index (χ3n) is 6.70. The largest absolute Gasteiger partial charge is 0.490 e. The van der Waals surface area contributed by atoms with Gasteiger partial charge in [0.1, 0.15) is 22.5 Å². The number of carbonyl (C=O) groups excluding carboxylic acids is 1. The van der Waals surface area contributed by atoms with Crippen molar-refractivity contribution < 1.29 is 36.6 Å². The maximum absolute atomic E-state index is 14.4. The molecule has 3 heterocycles. The minimum absolute atomic E-state index is 0.0424. The van der Waals surface area contributed by atoms with Gasteiger partial charge in [0.25, 0.3) is 0 Å². The zero-order chi connectivity index (χ0) is 26.6. The summed E-state index contributed by atoms with van der Waals surface area (Å²) in [5.41, 5.74) is 0.147. The van der Waals surface area contributed by atoms with Crippen LogP contribution in [0.15, 0.2) is 52.9 Å². The van der Waals surface area contributed by atoms with Gasteiger partial charge in [0, 0.05) is 23.7 Å². The summed E-state index contributed by atoms with van der Waals surface area (Å²) in [6.45, 7) is 8.24. The lowest BCUT2D eigenvalue weighted by atomic mass is 9.67. The summed E-state index contributed by atoms with van der Waals surface area (Å²) in [5.74, 6) is 0.200. The van der Waals surface area contributed by atoms with E-state index < -0.39 is 23.0 Å². The van der Waals surface area contributed by atoms with Crippen molar-refractivity contribution in [2.24, 2.45) is 0 Å². The lowest BCUT2D eigenvalue weighted by molar-refractivity contribution is -0.153. The Hall–Kier alpha value is -3.62. The Kier molecular flexibility index (Phi) is 5.92. The maximum Gasteiger partial charge on any atom is 0.449 e. The second-order valence-electron chi connectivity index (χ2n) is 9.78. The predicted molar refractivity (Wildman–Crippen MR) is 130 cm³/mol. The summed E-state index contributed by atoms with van der Waals surface area (Å²) in [7, 11) is 0. The number of hydrogen-bond acceptors (Lipinski definition) is 5. The number of furan rings is 1. The Morgan fingerprint density at radius 2 is 1.65 bits per heavy atom. The van der Waals surface area contributed by atoms with Crippen molar-refractivity contribution in [2.45, 2.75) is 57.9 Å². The number of para-hydroxylation sites is 1. The van der Waals surface area contributed by atoms with Crippen molar-refractivity contribution in [3.05, 3.63) is 71.2 Å². The summed E-state index contributed by atoms with van der Waals surface area (Å²) < 4.78 is 62.5. The summed E-state index contributed by atoms with van der Waals surface area (Å²) in [4.78, 5) is 15.9. The van der Waals surface area contributed by atoms with Crippen molar-refractivity contribution in [3.63, 3.8) is 0 Å². The van der Waals surface area contributed by atoms with Gasteiger partial charge in [-0.3, -0.25) is 4.79 Å². The number of rotatable bonds is 6. The highest BCUT2D eigenvalue weighted by Gasteiger charge is 2.58. The normalized spacial score (nSPS) is 20.0. The molecular weight excluding hydrogens is 487 g/mol. The SMILES string of the molecule is CCOc1cc2c(cc1OCC)C1(CC(C)(C)O2)C(=O)N(Cc2ccc(C(F)(F)F)o2)c2ccccc21. The second-order valence-corrected chi connectivity index (χ2v) is 9.78. The number of halogens is 3. The van der Waals surface area contributed by atoms with E-state index in [1.54, 1.807) is 24.3 Å². The molecule has 9 heteroatoms. The summed E-state index contributed by atoms with van der Waals surface area (Å²) in [6.07, 6.45) is -4.28. The first-order chi connectivity index (χ1) is 17.5. The zero-order valence-corrected chi connectivity index (χ0v) is 21.1. The Morgan fingerprint density at radius 1 is 0.973 bits per heavy atom. The molecule has 2 aromatic carbocycles. The number of alkyl halides is 3. The molecule has 6 nitrogen and oxygen atoms in total. The molecule has 1 unspecified atom stereocenters. The monoisotopic (exact) mass is 515 g/mol. The quantitative estimate of drug-likeness (QED) is 0.376. The molecule has 0 aliphatic carbocycles. The average molecular weight is 516 g/mol. The van der Waals surface area contributed by atoms with Gasteiger partial charge in [0.2, 0.25) is 11.7 Å². The van der Waals surface area contributed by atoms with E-state index in [2.05, 4.69) is 0 Å². The minimum Gasteiger partial charge on any atom is -0.490 e. The van der Waals surface area contributed by atoms with Crippen molar-refractivity contribution in [1.82, 2.24) is 0 Å². The predicted octanol–water partition coefficient (Wildman–Crippen LogP) is 6.49. The molecule has 1 amide bonds. The third kappa shape index (κ3) is 4.10. The third-order valence-corrected chi connectivity index (χ3v) is 6.70. The number of fused-ring (bicyclic) bond motifs is 4. The Balaban J connectivity index is 1.67. The first-order valence-corrected chi connectivity index (χ1v) is 12.2. The standard InChI is InChI=1S/C28H28F3NO5/c1-5-34-22-13-19-21(14-23(22)35-6-2)37-26(3,4)16-27(19)18-9-7-8-10-20(18)32(25(27)33)15-17-11-12-24(36-17)28(29,30)31/h7-14H,5-6,15-16H2,1-4H3. The fourth-order valence-electron chi connectivity index (χ4n) is 5.45. The van der Waals surface area contributed by atoms with Gasteiger partial charge in [-0.05, 0) is 57.5 Å². The minimum atomic E-state index is -4.61. The highest BCUT2D eigenvalue weighted by atomic mass is 19.4. The second kappa shape index (κ2) is 8.75. The molecule has 1 atom stereocenters. The van der Waals surface area contributed by atoms with Crippen LogP contribution in [-0.2, 0) is 22.9 Å². The molecule has 0 fully saturated rings. The molecule has 5 rings (SSSR count). The van der Waals surface area contributed by atoms with Crippen molar-refractivity contribution in [1.29, 1.82) is 0 Å². The molecule has 0 radical (unpaired) electrons. The summed E-state index contributed by atoms with van der Waals surface area (Å²) in [6, 6.07) is 13.0. The smallest absolute Gasteiger partial charge is 0.449 e. The highest BCUT2D eigenvalue weighted by molar-refractivity contribution is 6.11. The number of carbonyl (C=O) groups is 1. The molecular formula is C28H28F3NO5. The Morgan fingerprint density at radius 3 is 2.30 bits per heavy atom. The van der Waals surface area contributed by atoms with E-state index in [1.807, 2.05) is 39.8 Å². The fourth-order valence-corrected chi connectivity index (χ4v) is 5.45. The molecule has 196 valence electrons. The van der Waals surface area contributed by atoms with Crippen LogP contribution in [0, 0.1) is 0 Å². The van der Waals surface area contributed by atoms with Crippen LogP contribution in [0.1, 0.15) is 56.8 Å². The van der Waals surface area contributed by atoms with E-state index >= 15 is 0 Å². The molecule has 0 saturated heterocycles. The number of amides is 1. The van der Waals surface area contributed by atoms with Crippen LogP contribution in [0.2, 0.25) is 0 Å². The molecule has 1 aromatic heterocycles. The van der Waals surface area contributed by atoms with Crippen molar-refractivity contribution in [2.75, 3.05) is 18.1 Å². The van der Waals surface area contributed by atoms with Gasteiger partial charge in [-0.1, -0.05) is 18.2 Å². The summed E-state index contributed by atoms with van der Waals surface area (Å²) in [5, 5.41) is 0. The van der Waals surface area contributed by atoms with Gasteiger partial charge < -0.3 is 23.5 Å².